The molecule has 3 nitrogen and oxygen atoms in total. The number of fused-ring (bicyclic) bond motifs is 5. The highest BCUT2D eigenvalue weighted by Crippen LogP contribution is 2.58. The highest BCUT2D eigenvalue weighted by atomic mass is 16.5. The molecule has 1 N–H and O–H groups in total. The number of hydrogen-bond acceptors (Lipinski definition) is 3. The standard InChI is InChI=1S/C14H20N2O/c1-2-11-9-6-13(12(11)3-1)14(7-9)15-8-10-4-5-17-16-10/h4-5,9,11-15H,1-3,6-8H2. The summed E-state index contributed by atoms with van der Waals surface area (Å²) in [6.07, 6.45) is 9.05. The average molecular weight is 232 g/mol. The van der Waals surface area contributed by atoms with E-state index in [1.165, 1.54) is 32.1 Å². The maximum Gasteiger partial charge on any atom is 0.124 e. The molecule has 3 saturated carbocycles. The van der Waals surface area contributed by atoms with Crippen molar-refractivity contribution in [2.75, 3.05) is 0 Å². The van der Waals surface area contributed by atoms with Crippen LogP contribution in [0.3, 0.4) is 0 Å². The second-order valence-electron chi connectivity index (χ2n) is 6.13. The summed E-state index contributed by atoms with van der Waals surface area (Å²) in [5.41, 5.74) is 1.04. The first-order valence-corrected chi connectivity index (χ1v) is 7.04. The molecule has 3 aliphatic rings. The SMILES string of the molecule is c1cc(CNC2CC3CC2C2CCCC32)no1. The van der Waals surface area contributed by atoms with Gasteiger partial charge in [0.25, 0.3) is 0 Å². The van der Waals surface area contributed by atoms with E-state index in [4.69, 9.17) is 4.52 Å². The molecule has 5 unspecified atom stereocenters. The van der Waals surface area contributed by atoms with Crippen molar-refractivity contribution in [3.05, 3.63) is 18.0 Å². The van der Waals surface area contributed by atoms with Gasteiger partial charge in [0.05, 0.1) is 5.69 Å². The average Bonchev–Trinajstić information content (AvgIpc) is 3.08. The first kappa shape index (κ1) is 10.1. The third-order valence-corrected chi connectivity index (χ3v) is 5.47. The molecule has 1 heterocycles. The summed E-state index contributed by atoms with van der Waals surface area (Å²) in [5.74, 6) is 4.12. The maximum absolute atomic E-state index is 4.87. The molecule has 3 fully saturated rings. The molecule has 5 atom stereocenters. The van der Waals surface area contributed by atoms with Crippen molar-refractivity contribution in [2.45, 2.75) is 44.7 Å². The minimum atomic E-state index is 0.746. The molecular weight excluding hydrogens is 212 g/mol. The summed E-state index contributed by atoms with van der Waals surface area (Å²) in [6.45, 7) is 0.877. The van der Waals surface area contributed by atoms with Gasteiger partial charge in [-0.05, 0) is 49.4 Å². The molecule has 2 bridgehead atoms. The van der Waals surface area contributed by atoms with Crippen LogP contribution >= 0.6 is 0 Å². The zero-order valence-electron chi connectivity index (χ0n) is 10.1. The Balaban J connectivity index is 1.41. The molecule has 0 spiro atoms. The number of nitrogens with one attached hydrogen (secondary N) is 1. The van der Waals surface area contributed by atoms with Crippen LogP contribution in [0.1, 0.15) is 37.8 Å². The molecule has 1 aromatic rings. The molecule has 0 radical (unpaired) electrons. The van der Waals surface area contributed by atoms with Crippen LogP contribution < -0.4 is 5.32 Å². The minimum Gasteiger partial charge on any atom is -0.364 e. The highest BCUT2D eigenvalue weighted by Gasteiger charge is 2.53. The molecule has 0 aromatic carbocycles. The van der Waals surface area contributed by atoms with Gasteiger partial charge in [-0.2, -0.15) is 0 Å². The monoisotopic (exact) mass is 232 g/mol. The van der Waals surface area contributed by atoms with Gasteiger partial charge in [-0.3, -0.25) is 0 Å². The van der Waals surface area contributed by atoms with E-state index < -0.39 is 0 Å². The lowest BCUT2D eigenvalue weighted by atomic mass is 9.79. The van der Waals surface area contributed by atoms with Gasteiger partial charge in [0, 0.05) is 18.7 Å². The molecule has 0 saturated heterocycles. The molecule has 92 valence electrons. The van der Waals surface area contributed by atoms with Crippen LogP contribution in [0.2, 0.25) is 0 Å². The van der Waals surface area contributed by atoms with Crippen LogP contribution in [0.4, 0.5) is 0 Å². The van der Waals surface area contributed by atoms with Crippen LogP contribution in [-0.2, 0) is 6.54 Å². The number of hydrogen-bond donors (Lipinski definition) is 1. The fraction of sp³-hybridized carbons (Fsp3) is 0.786. The van der Waals surface area contributed by atoms with Crippen molar-refractivity contribution < 1.29 is 4.52 Å². The summed E-state index contributed by atoms with van der Waals surface area (Å²) >= 11 is 0. The van der Waals surface area contributed by atoms with E-state index in [1.54, 1.807) is 6.26 Å². The largest absolute Gasteiger partial charge is 0.364 e. The molecule has 4 rings (SSSR count). The minimum absolute atomic E-state index is 0.746. The van der Waals surface area contributed by atoms with Crippen LogP contribution in [0.25, 0.3) is 0 Å². The van der Waals surface area contributed by atoms with Gasteiger partial charge in [-0.1, -0.05) is 11.6 Å². The summed E-state index contributed by atoms with van der Waals surface area (Å²) < 4.78 is 4.87. The van der Waals surface area contributed by atoms with Crippen molar-refractivity contribution in [1.82, 2.24) is 10.5 Å². The van der Waals surface area contributed by atoms with E-state index in [0.717, 1.165) is 42.0 Å². The van der Waals surface area contributed by atoms with E-state index in [1.807, 2.05) is 6.07 Å². The van der Waals surface area contributed by atoms with Crippen LogP contribution in [-0.4, -0.2) is 11.2 Å². The Morgan fingerprint density at radius 2 is 2.18 bits per heavy atom. The zero-order chi connectivity index (χ0) is 11.2. The van der Waals surface area contributed by atoms with Crippen molar-refractivity contribution >= 4 is 0 Å². The summed E-state index contributed by atoms with van der Waals surface area (Å²) in [4.78, 5) is 0. The first-order chi connectivity index (χ1) is 8.42. The Hall–Kier alpha value is -0.830. The Morgan fingerprint density at radius 3 is 3.06 bits per heavy atom. The van der Waals surface area contributed by atoms with Crippen molar-refractivity contribution in [3.8, 4) is 0 Å². The Labute approximate surface area is 102 Å². The molecule has 0 amide bonds. The van der Waals surface area contributed by atoms with Crippen molar-refractivity contribution in [1.29, 1.82) is 0 Å². The summed E-state index contributed by atoms with van der Waals surface area (Å²) in [5, 5.41) is 7.67. The van der Waals surface area contributed by atoms with Crippen molar-refractivity contribution in [2.24, 2.45) is 23.7 Å². The molecular formula is C14H20N2O. The molecule has 3 aliphatic carbocycles. The topological polar surface area (TPSA) is 38.1 Å². The van der Waals surface area contributed by atoms with E-state index in [2.05, 4.69) is 10.5 Å². The number of rotatable bonds is 3. The molecule has 0 aliphatic heterocycles. The smallest absolute Gasteiger partial charge is 0.124 e. The number of nitrogens with zero attached hydrogens (tertiary/aromatic N) is 1. The van der Waals surface area contributed by atoms with Gasteiger partial charge >= 0.3 is 0 Å². The lowest BCUT2D eigenvalue weighted by Crippen LogP contribution is -2.38. The van der Waals surface area contributed by atoms with Gasteiger partial charge in [-0.25, -0.2) is 0 Å². The Morgan fingerprint density at radius 1 is 1.24 bits per heavy atom. The van der Waals surface area contributed by atoms with E-state index in [-0.39, 0.29) is 0 Å². The predicted octanol–water partition coefficient (Wildman–Crippen LogP) is 2.59. The molecule has 17 heavy (non-hydrogen) atoms. The van der Waals surface area contributed by atoms with Crippen molar-refractivity contribution in [3.63, 3.8) is 0 Å². The van der Waals surface area contributed by atoms with Gasteiger partial charge in [-0.15, -0.1) is 0 Å². The van der Waals surface area contributed by atoms with Gasteiger partial charge < -0.3 is 9.84 Å². The molecule has 3 heteroatoms. The second-order valence-corrected chi connectivity index (χ2v) is 6.13. The first-order valence-electron chi connectivity index (χ1n) is 7.04. The predicted molar refractivity (Wildman–Crippen MR) is 64.2 cm³/mol. The summed E-state index contributed by atoms with van der Waals surface area (Å²) in [6, 6.07) is 2.70. The van der Waals surface area contributed by atoms with Crippen LogP contribution in [0, 0.1) is 23.7 Å². The van der Waals surface area contributed by atoms with E-state index >= 15 is 0 Å². The molecule has 1 aromatic heterocycles. The third-order valence-electron chi connectivity index (χ3n) is 5.47. The lowest BCUT2D eigenvalue weighted by molar-refractivity contribution is 0.207. The van der Waals surface area contributed by atoms with Crippen LogP contribution in [0.5, 0.6) is 0 Å². The highest BCUT2D eigenvalue weighted by molar-refractivity contribution is 5.06. The van der Waals surface area contributed by atoms with Gasteiger partial charge in [0.15, 0.2) is 0 Å². The third kappa shape index (κ3) is 1.55. The Bertz CT molecular complexity index is 389. The quantitative estimate of drug-likeness (QED) is 0.870. The Kier molecular flexibility index (Phi) is 2.29. The van der Waals surface area contributed by atoms with Gasteiger partial charge in [0.1, 0.15) is 6.26 Å². The summed E-state index contributed by atoms with van der Waals surface area (Å²) in [7, 11) is 0. The number of aromatic nitrogens is 1. The fourth-order valence-corrected chi connectivity index (χ4v) is 4.87. The van der Waals surface area contributed by atoms with Gasteiger partial charge in [0.2, 0.25) is 0 Å². The maximum atomic E-state index is 4.87. The zero-order valence-corrected chi connectivity index (χ0v) is 10.1. The van der Waals surface area contributed by atoms with Crippen LogP contribution in [0.15, 0.2) is 16.9 Å². The van der Waals surface area contributed by atoms with E-state index in [0.29, 0.717) is 0 Å². The second kappa shape index (κ2) is 3.84. The fourth-order valence-electron chi connectivity index (χ4n) is 4.87. The van der Waals surface area contributed by atoms with E-state index in [9.17, 15) is 0 Å². The lowest BCUT2D eigenvalue weighted by Gasteiger charge is -2.32. The normalized spacial score (nSPS) is 43.2.